The van der Waals surface area contributed by atoms with Crippen molar-refractivity contribution in [3.8, 4) is 17.1 Å². The van der Waals surface area contributed by atoms with Crippen LogP contribution in [0.2, 0.25) is 5.02 Å². The Kier molecular flexibility index (Phi) is 7.07. The molecule has 0 N–H and O–H groups in total. The lowest BCUT2D eigenvalue weighted by atomic mass is 10.1. The number of aromatic nitrogens is 3. The van der Waals surface area contributed by atoms with Crippen LogP contribution in [-0.4, -0.2) is 33.1 Å². The second kappa shape index (κ2) is 9.99. The van der Waals surface area contributed by atoms with E-state index in [1.54, 1.807) is 41.1 Å². The second-order valence-electron chi connectivity index (χ2n) is 7.11. The summed E-state index contributed by atoms with van der Waals surface area (Å²) >= 11 is 12.9. The number of esters is 1. The first-order chi connectivity index (χ1) is 15.8. The SMILES string of the molecule is Cc1ccc(Cl)cc1-n1nc(C(=O)OCC(=O)c2ccc(Br)cc2)nc1-c1ccc(Br)cc1. The van der Waals surface area contributed by atoms with Gasteiger partial charge in [0, 0.05) is 25.1 Å². The van der Waals surface area contributed by atoms with Crippen LogP contribution < -0.4 is 0 Å². The Morgan fingerprint density at radius 1 is 0.970 bits per heavy atom. The molecule has 0 bridgehead atoms. The van der Waals surface area contributed by atoms with Crippen molar-refractivity contribution in [3.05, 3.63) is 97.6 Å². The summed E-state index contributed by atoms with van der Waals surface area (Å²) in [6.45, 7) is 1.49. The van der Waals surface area contributed by atoms with Gasteiger partial charge in [-0.15, -0.1) is 5.10 Å². The van der Waals surface area contributed by atoms with Crippen molar-refractivity contribution < 1.29 is 14.3 Å². The summed E-state index contributed by atoms with van der Waals surface area (Å²) in [7, 11) is 0. The van der Waals surface area contributed by atoms with Gasteiger partial charge in [-0.05, 0) is 48.9 Å². The summed E-state index contributed by atoms with van der Waals surface area (Å²) in [5, 5.41) is 4.91. The molecule has 0 atom stereocenters. The Balaban J connectivity index is 1.65. The molecule has 0 radical (unpaired) electrons. The fourth-order valence-electron chi connectivity index (χ4n) is 3.08. The lowest BCUT2D eigenvalue weighted by molar-refractivity contribution is 0.0462. The number of benzene rings is 3. The zero-order chi connectivity index (χ0) is 23.5. The first kappa shape index (κ1) is 23.4. The van der Waals surface area contributed by atoms with Crippen LogP contribution in [0.15, 0.2) is 75.7 Å². The summed E-state index contributed by atoms with van der Waals surface area (Å²) < 4.78 is 8.52. The van der Waals surface area contributed by atoms with E-state index in [4.69, 9.17) is 16.3 Å². The van der Waals surface area contributed by atoms with E-state index in [0.717, 1.165) is 20.1 Å². The lowest BCUT2D eigenvalue weighted by Crippen LogP contribution is -2.15. The highest BCUT2D eigenvalue weighted by Gasteiger charge is 2.22. The zero-order valence-corrected chi connectivity index (χ0v) is 21.2. The minimum Gasteiger partial charge on any atom is -0.451 e. The normalized spacial score (nSPS) is 10.8. The number of carbonyl (C=O) groups is 2. The highest BCUT2D eigenvalue weighted by molar-refractivity contribution is 9.10. The van der Waals surface area contributed by atoms with Gasteiger partial charge in [-0.3, -0.25) is 4.79 Å². The van der Waals surface area contributed by atoms with E-state index in [9.17, 15) is 9.59 Å². The van der Waals surface area contributed by atoms with Crippen molar-refractivity contribution in [3.63, 3.8) is 0 Å². The smallest absolute Gasteiger partial charge is 0.378 e. The van der Waals surface area contributed by atoms with E-state index in [1.165, 1.54) is 0 Å². The number of hydrogen-bond donors (Lipinski definition) is 0. The van der Waals surface area contributed by atoms with Crippen molar-refractivity contribution in [2.75, 3.05) is 6.61 Å². The first-order valence-electron chi connectivity index (χ1n) is 9.77. The number of ether oxygens (including phenoxy) is 1. The van der Waals surface area contributed by atoms with Crippen LogP contribution in [0, 0.1) is 6.92 Å². The van der Waals surface area contributed by atoms with Crippen LogP contribution in [0.3, 0.4) is 0 Å². The Morgan fingerprint density at radius 2 is 1.61 bits per heavy atom. The molecule has 166 valence electrons. The van der Waals surface area contributed by atoms with Crippen LogP contribution in [-0.2, 0) is 4.74 Å². The molecular formula is C24H16Br2ClN3O3. The van der Waals surface area contributed by atoms with Crippen LogP contribution in [0.5, 0.6) is 0 Å². The molecule has 1 heterocycles. The van der Waals surface area contributed by atoms with Gasteiger partial charge in [0.25, 0.3) is 5.82 Å². The third-order valence-corrected chi connectivity index (χ3v) is 6.08. The molecule has 3 aromatic carbocycles. The maximum Gasteiger partial charge on any atom is 0.378 e. The average Bonchev–Trinajstić information content (AvgIpc) is 3.25. The summed E-state index contributed by atoms with van der Waals surface area (Å²) in [6, 6.07) is 19.6. The molecule has 33 heavy (non-hydrogen) atoms. The fraction of sp³-hybridized carbons (Fsp3) is 0.0833. The Bertz CT molecular complexity index is 1340. The van der Waals surface area contributed by atoms with Crippen molar-refractivity contribution in [2.24, 2.45) is 0 Å². The minimum atomic E-state index is -0.794. The van der Waals surface area contributed by atoms with E-state index in [1.807, 2.05) is 37.3 Å². The van der Waals surface area contributed by atoms with Crippen LogP contribution in [0.25, 0.3) is 17.1 Å². The van der Waals surface area contributed by atoms with Crippen molar-refractivity contribution in [2.45, 2.75) is 6.92 Å². The maximum atomic E-state index is 12.7. The van der Waals surface area contributed by atoms with Crippen molar-refractivity contribution in [1.29, 1.82) is 0 Å². The standard InChI is InChI=1S/C24H16Br2ClN3O3/c1-14-2-11-19(27)12-20(14)30-23(16-5-9-18(26)10-6-16)28-22(29-30)24(32)33-13-21(31)15-3-7-17(25)8-4-15/h2-12H,13H2,1H3. The van der Waals surface area contributed by atoms with Gasteiger partial charge < -0.3 is 4.74 Å². The van der Waals surface area contributed by atoms with Crippen molar-refractivity contribution in [1.82, 2.24) is 14.8 Å². The third kappa shape index (κ3) is 5.40. The molecule has 6 nitrogen and oxygen atoms in total. The predicted molar refractivity (Wildman–Crippen MR) is 133 cm³/mol. The molecule has 0 aliphatic carbocycles. The lowest BCUT2D eigenvalue weighted by Gasteiger charge is -2.09. The van der Waals surface area contributed by atoms with Gasteiger partial charge in [-0.2, -0.15) is 0 Å². The van der Waals surface area contributed by atoms with Gasteiger partial charge in [0.2, 0.25) is 0 Å². The highest BCUT2D eigenvalue weighted by Crippen LogP contribution is 2.26. The third-order valence-electron chi connectivity index (χ3n) is 4.79. The molecule has 4 rings (SSSR count). The van der Waals surface area contributed by atoms with Gasteiger partial charge in [-0.1, -0.05) is 73.8 Å². The number of halogens is 3. The monoisotopic (exact) mass is 587 g/mol. The summed E-state index contributed by atoms with van der Waals surface area (Å²) in [6.07, 6.45) is 0. The molecule has 0 saturated carbocycles. The average molecular weight is 590 g/mol. The van der Waals surface area contributed by atoms with Crippen molar-refractivity contribution >= 4 is 55.2 Å². The zero-order valence-electron chi connectivity index (χ0n) is 17.3. The number of ketones is 1. The van der Waals surface area contributed by atoms with E-state index in [2.05, 4.69) is 41.9 Å². The van der Waals surface area contributed by atoms with E-state index in [-0.39, 0.29) is 11.6 Å². The fourth-order valence-corrected chi connectivity index (χ4v) is 3.77. The number of carbonyl (C=O) groups excluding carboxylic acids is 2. The van der Waals surface area contributed by atoms with Crippen LogP contribution in [0.1, 0.15) is 26.5 Å². The number of aryl methyl sites for hydroxylation is 1. The van der Waals surface area contributed by atoms with Crippen LogP contribution in [0.4, 0.5) is 0 Å². The topological polar surface area (TPSA) is 74.1 Å². The Labute approximate surface area is 211 Å². The van der Waals surface area contributed by atoms with Gasteiger partial charge in [-0.25, -0.2) is 14.5 Å². The van der Waals surface area contributed by atoms with E-state index < -0.39 is 12.6 Å². The second-order valence-corrected chi connectivity index (χ2v) is 9.38. The molecule has 0 saturated heterocycles. The van der Waals surface area contributed by atoms with Gasteiger partial charge in [0.1, 0.15) is 0 Å². The maximum absolute atomic E-state index is 12.7. The Morgan fingerprint density at radius 3 is 2.27 bits per heavy atom. The van der Waals surface area contributed by atoms with Gasteiger partial charge in [0.15, 0.2) is 18.2 Å². The predicted octanol–water partition coefficient (Wildman–Crippen LogP) is 6.46. The number of Topliss-reactive ketones (excluding diaryl/α,β-unsaturated/α-hetero) is 1. The summed E-state index contributed by atoms with van der Waals surface area (Å²) in [5.41, 5.74) is 2.76. The Hall–Kier alpha value is -2.81. The van der Waals surface area contributed by atoms with Gasteiger partial charge in [0.05, 0.1) is 5.69 Å². The summed E-state index contributed by atoms with van der Waals surface area (Å²) in [4.78, 5) is 29.5. The molecule has 0 aliphatic rings. The highest BCUT2D eigenvalue weighted by atomic mass is 79.9. The van der Waals surface area contributed by atoms with E-state index >= 15 is 0 Å². The number of hydrogen-bond acceptors (Lipinski definition) is 5. The van der Waals surface area contributed by atoms with Crippen LogP contribution >= 0.6 is 43.5 Å². The van der Waals surface area contributed by atoms with Gasteiger partial charge >= 0.3 is 5.97 Å². The molecule has 0 amide bonds. The first-order valence-corrected chi connectivity index (χ1v) is 11.7. The molecular weight excluding hydrogens is 574 g/mol. The quantitative estimate of drug-likeness (QED) is 0.191. The molecule has 0 spiro atoms. The summed E-state index contributed by atoms with van der Waals surface area (Å²) in [5.74, 6) is -0.832. The minimum absolute atomic E-state index is 0.157. The number of rotatable bonds is 6. The molecule has 9 heteroatoms. The number of nitrogens with zero attached hydrogens (tertiary/aromatic N) is 3. The molecule has 1 aromatic heterocycles. The largest absolute Gasteiger partial charge is 0.451 e. The molecule has 0 unspecified atom stereocenters. The molecule has 4 aromatic rings. The molecule has 0 aliphatic heterocycles. The molecule has 0 fully saturated rings. The van der Waals surface area contributed by atoms with E-state index in [0.29, 0.717) is 22.1 Å².